The van der Waals surface area contributed by atoms with Crippen molar-refractivity contribution in [2.75, 3.05) is 4.90 Å². The molecule has 1 aliphatic carbocycles. The SMILES string of the molecule is N#Cc1cccc(N2c3ccccc3C3(c4ccccc4-c4ccccc43)c3ccccc32)c1. The highest BCUT2D eigenvalue weighted by Gasteiger charge is 2.51. The van der Waals surface area contributed by atoms with Gasteiger partial charge in [0.25, 0.3) is 0 Å². The van der Waals surface area contributed by atoms with Gasteiger partial charge in [-0.3, -0.25) is 0 Å². The van der Waals surface area contributed by atoms with Crippen molar-refractivity contribution >= 4 is 17.1 Å². The highest BCUT2D eigenvalue weighted by molar-refractivity contribution is 5.95. The van der Waals surface area contributed by atoms with Gasteiger partial charge in [0.1, 0.15) is 0 Å². The van der Waals surface area contributed by atoms with Gasteiger partial charge in [-0.1, -0.05) is 91.0 Å². The van der Waals surface area contributed by atoms with E-state index in [-0.39, 0.29) is 0 Å². The molecule has 0 unspecified atom stereocenters. The molecule has 2 aliphatic rings. The number of fused-ring (bicyclic) bond motifs is 9. The Morgan fingerprint density at radius 2 is 1.03 bits per heavy atom. The predicted octanol–water partition coefficient (Wildman–Crippen LogP) is 7.70. The summed E-state index contributed by atoms with van der Waals surface area (Å²) < 4.78 is 0. The van der Waals surface area contributed by atoms with E-state index < -0.39 is 5.41 Å². The van der Waals surface area contributed by atoms with Gasteiger partial charge in [-0.25, -0.2) is 0 Å². The van der Waals surface area contributed by atoms with Crippen LogP contribution in [0.25, 0.3) is 11.1 Å². The van der Waals surface area contributed by atoms with E-state index >= 15 is 0 Å². The maximum atomic E-state index is 9.57. The molecule has 2 heteroatoms. The van der Waals surface area contributed by atoms with Gasteiger partial charge in [0.2, 0.25) is 0 Å². The van der Waals surface area contributed by atoms with E-state index in [2.05, 4.69) is 114 Å². The molecule has 1 aliphatic heterocycles. The van der Waals surface area contributed by atoms with Crippen molar-refractivity contribution in [2.24, 2.45) is 0 Å². The number of anilines is 3. The molecule has 1 spiro atoms. The van der Waals surface area contributed by atoms with Crippen LogP contribution in [0.3, 0.4) is 0 Å². The van der Waals surface area contributed by atoms with Gasteiger partial charge in [-0.15, -0.1) is 0 Å². The quantitative estimate of drug-likeness (QED) is 0.266. The van der Waals surface area contributed by atoms with Crippen LogP contribution in [0, 0.1) is 11.3 Å². The van der Waals surface area contributed by atoms with Crippen LogP contribution in [0.1, 0.15) is 27.8 Å². The van der Waals surface area contributed by atoms with Crippen LogP contribution in [-0.4, -0.2) is 0 Å². The van der Waals surface area contributed by atoms with E-state index in [4.69, 9.17) is 0 Å². The van der Waals surface area contributed by atoms with E-state index in [1.807, 2.05) is 18.2 Å². The third-order valence-electron chi connectivity index (χ3n) is 7.28. The van der Waals surface area contributed by atoms with Crippen molar-refractivity contribution in [2.45, 2.75) is 5.41 Å². The second kappa shape index (κ2) is 6.94. The molecule has 0 fully saturated rings. The molecule has 0 atom stereocenters. The molecule has 0 saturated carbocycles. The molecule has 158 valence electrons. The summed E-state index contributed by atoms with van der Waals surface area (Å²) in [6.45, 7) is 0. The van der Waals surface area contributed by atoms with E-state index in [1.54, 1.807) is 0 Å². The Hall–Kier alpha value is -4.61. The zero-order chi connectivity index (χ0) is 22.7. The van der Waals surface area contributed by atoms with Gasteiger partial charge in [0.15, 0.2) is 0 Å². The van der Waals surface area contributed by atoms with Gasteiger partial charge < -0.3 is 4.90 Å². The number of benzene rings is 5. The van der Waals surface area contributed by atoms with E-state index in [9.17, 15) is 5.26 Å². The van der Waals surface area contributed by atoms with Crippen LogP contribution in [0.5, 0.6) is 0 Å². The van der Waals surface area contributed by atoms with Gasteiger partial charge in [0, 0.05) is 5.69 Å². The first-order chi connectivity index (χ1) is 16.8. The molecule has 0 saturated heterocycles. The average molecular weight is 433 g/mol. The monoisotopic (exact) mass is 432 g/mol. The Labute approximate surface area is 199 Å². The van der Waals surface area contributed by atoms with Crippen molar-refractivity contribution in [3.63, 3.8) is 0 Å². The first-order valence-electron chi connectivity index (χ1n) is 11.5. The Balaban J connectivity index is 1.64. The second-order valence-corrected chi connectivity index (χ2v) is 8.87. The molecule has 0 amide bonds. The van der Waals surface area contributed by atoms with E-state index in [1.165, 1.54) is 33.4 Å². The molecule has 1 heterocycles. The summed E-state index contributed by atoms with van der Waals surface area (Å²) in [7, 11) is 0. The minimum absolute atomic E-state index is 0.399. The van der Waals surface area contributed by atoms with Crippen LogP contribution in [0.2, 0.25) is 0 Å². The summed E-state index contributed by atoms with van der Waals surface area (Å²) in [6.07, 6.45) is 0. The predicted molar refractivity (Wildman–Crippen MR) is 137 cm³/mol. The smallest absolute Gasteiger partial charge is 0.0992 e. The van der Waals surface area contributed by atoms with E-state index in [0.717, 1.165) is 17.1 Å². The zero-order valence-electron chi connectivity index (χ0n) is 18.4. The molecular weight excluding hydrogens is 412 g/mol. The molecule has 34 heavy (non-hydrogen) atoms. The third kappa shape index (κ3) is 2.28. The number of nitrogens with zero attached hydrogens (tertiary/aromatic N) is 2. The van der Waals surface area contributed by atoms with Crippen LogP contribution in [0.15, 0.2) is 121 Å². The first-order valence-corrected chi connectivity index (χ1v) is 11.5. The summed E-state index contributed by atoms with van der Waals surface area (Å²) in [5.41, 5.74) is 11.3. The molecule has 0 aromatic heterocycles. The lowest BCUT2D eigenvalue weighted by atomic mass is 9.64. The maximum Gasteiger partial charge on any atom is 0.0992 e. The largest absolute Gasteiger partial charge is 0.310 e. The highest BCUT2D eigenvalue weighted by atomic mass is 15.2. The van der Waals surface area contributed by atoms with Crippen molar-refractivity contribution in [1.82, 2.24) is 0 Å². The molecule has 2 nitrogen and oxygen atoms in total. The number of para-hydroxylation sites is 2. The lowest BCUT2D eigenvalue weighted by Crippen LogP contribution is -2.36. The average Bonchev–Trinajstić information content (AvgIpc) is 3.20. The van der Waals surface area contributed by atoms with Crippen molar-refractivity contribution in [3.8, 4) is 17.2 Å². The Morgan fingerprint density at radius 3 is 1.59 bits per heavy atom. The normalized spacial score (nSPS) is 14.0. The van der Waals surface area contributed by atoms with Gasteiger partial charge >= 0.3 is 0 Å². The Morgan fingerprint density at radius 1 is 0.529 bits per heavy atom. The fraction of sp³-hybridized carbons (Fsp3) is 0.0312. The lowest BCUT2D eigenvalue weighted by molar-refractivity contribution is 0.752. The number of rotatable bonds is 1. The minimum atomic E-state index is -0.399. The standard InChI is InChI=1S/C32H20N2/c33-21-22-10-9-11-23(20-22)34-30-18-7-5-16-28(30)32(29-17-6-8-19-31(29)34)26-14-3-1-12-24(26)25-13-2-4-15-27(25)32/h1-20H. The van der Waals surface area contributed by atoms with E-state index in [0.29, 0.717) is 5.56 Å². The molecule has 0 radical (unpaired) electrons. The van der Waals surface area contributed by atoms with Crippen LogP contribution >= 0.6 is 0 Å². The van der Waals surface area contributed by atoms with Crippen molar-refractivity contribution in [1.29, 1.82) is 5.26 Å². The Kier molecular flexibility index (Phi) is 3.86. The van der Waals surface area contributed by atoms with Crippen molar-refractivity contribution < 1.29 is 0 Å². The summed E-state index contributed by atoms with van der Waals surface area (Å²) in [4.78, 5) is 2.31. The highest BCUT2D eigenvalue weighted by Crippen LogP contribution is 2.63. The van der Waals surface area contributed by atoms with Crippen LogP contribution in [-0.2, 0) is 5.41 Å². The number of hydrogen-bond donors (Lipinski definition) is 0. The second-order valence-electron chi connectivity index (χ2n) is 8.87. The molecular formula is C32H20N2. The first kappa shape index (κ1) is 18.9. The number of hydrogen-bond acceptors (Lipinski definition) is 2. The summed E-state index contributed by atoms with van der Waals surface area (Å²) in [5.74, 6) is 0. The fourth-order valence-electron chi connectivity index (χ4n) is 6.05. The van der Waals surface area contributed by atoms with Gasteiger partial charge in [-0.2, -0.15) is 5.26 Å². The maximum absolute atomic E-state index is 9.57. The summed E-state index contributed by atoms with van der Waals surface area (Å²) >= 11 is 0. The molecule has 5 aromatic carbocycles. The summed E-state index contributed by atoms with van der Waals surface area (Å²) in [5, 5.41) is 9.57. The van der Waals surface area contributed by atoms with Crippen LogP contribution < -0.4 is 4.90 Å². The molecule has 0 bridgehead atoms. The van der Waals surface area contributed by atoms with Gasteiger partial charge in [-0.05, 0) is 63.7 Å². The molecule has 5 aromatic rings. The lowest BCUT2D eigenvalue weighted by Gasteiger charge is -2.45. The zero-order valence-corrected chi connectivity index (χ0v) is 18.4. The topological polar surface area (TPSA) is 27.0 Å². The molecule has 0 N–H and O–H groups in total. The minimum Gasteiger partial charge on any atom is -0.310 e. The number of nitriles is 1. The van der Waals surface area contributed by atoms with Gasteiger partial charge in [0.05, 0.1) is 28.4 Å². The fourth-order valence-corrected chi connectivity index (χ4v) is 6.05. The summed E-state index contributed by atoms with van der Waals surface area (Å²) in [6, 6.07) is 45.3. The molecule has 7 rings (SSSR count). The Bertz CT molecular complexity index is 1540. The van der Waals surface area contributed by atoms with Crippen LogP contribution in [0.4, 0.5) is 17.1 Å². The van der Waals surface area contributed by atoms with Crippen molar-refractivity contribution in [3.05, 3.63) is 149 Å². The third-order valence-corrected chi connectivity index (χ3v) is 7.28.